The van der Waals surface area contributed by atoms with Gasteiger partial charge in [-0.2, -0.15) is 28.1 Å². The highest BCUT2D eigenvalue weighted by Gasteiger charge is 2.45. The lowest BCUT2D eigenvalue weighted by Gasteiger charge is -2.11. The number of fused-ring (bicyclic) bond motifs is 1. The molecule has 1 aliphatic carbocycles. The predicted octanol–water partition coefficient (Wildman–Crippen LogP) is 4.66. The van der Waals surface area contributed by atoms with Crippen LogP contribution in [0.15, 0.2) is 53.7 Å². The molecule has 1 aliphatic rings. The molecule has 0 radical (unpaired) electrons. The molecule has 4 aromatic rings. The molecule has 0 atom stereocenters. The Morgan fingerprint density at radius 2 is 1.80 bits per heavy atom. The lowest BCUT2D eigenvalue weighted by atomic mass is 9.95. The molecule has 0 saturated heterocycles. The van der Waals surface area contributed by atoms with Crippen molar-refractivity contribution in [2.75, 3.05) is 5.75 Å². The van der Waals surface area contributed by atoms with Gasteiger partial charge in [-0.3, -0.25) is 0 Å². The molecule has 214 valence electrons. The summed E-state index contributed by atoms with van der Waals surface area (Å²) < 4.78 is 109. The molecule has 1 saturated carbocycles. The van der Waals surface area contributed by atoms with Crippen LogP contribution < -0.4 is 9.30 Å². The zero-order chi connectivity index (χ0) is 29.9. The van der Waals surface area contributed by atoms with Crippen LogP contribution in [0.4, 0.5) is 26.4 Å². The minimum Gasteiger partial charge on any atom is -0.618 e. The number of benzene rings is 1. The molecule has 8 nitrogen and oxygen atoms in total. The highest BCUT2D eigenvalue weighted by molar-refractivity contribution is 7.91. The van der Waals surface area contributed by atoms with E-state index in [2.05, 4.69) is 11.1 Å². The van der Waals surface area contributed by atoms with Crippen molar-refractivity contribution in [1.82, 2.24) is 9.77 Å². The maximum atomic E-state index is 15.7. The number of hydrogen-bond acceptors (Lipinski definition) is 5. The predicted molar refractivity (Wildman–Crippen MR) is 132 cm³/mol. The van der Waals surface area contributed by atoms with Crippen LogP contribution in [0.2, 0.25) is 0 Å². The Kier molecular flexibility index (Phi) is 6.72. The summed E-state index contributed by atoms with van der Waals surface area (Å²) in [4.78, 5) is 2.73. The van der Waals surface area contributed by atoms with Crippen molar-refractivity contribution in [2.45, 2.75) is 49.2 Å². The second-order valence-corrected chi connectivity index (χ2v) is 11.9. The van der Waals surface area contributed by atoms with E-state index in [-0.39, 0.29) is 21.3 Å². The molecule has 0 unspecified atom stereocenters. The number of alkyl halides is 5. The Balaban J connectivity index is 1.72. The highest BCUT2D eigenvalue weighted by atomic mass is 32.2. The number of nitriles is 1. The highest BCUT2D eigenvalue weighted by Crippen LogP contribution is 2.47. The van der Waals surface area contributed by atoms with Gasteiger partial charge in [-0.15, -0.1) is 0 Å². The third-order valence-corrected chi connectivity index (χ3v) is 8.75. The standard InChI is InChI=1S/C26H20F6N5O3S/c1-2-41(39,40)20-9-16(15-3-5-17(6-4-15)25(14-33)7-8-25)11-36(38)22(20)23-34-19-10-18(26(29,30)31)12-35(13-21(27)28)24(19)37(23)32/h3-6,9-12,21H,2,7-8,13H2,1H3/q+1. The first-order valence-corrected chi connectivity index (χ1v) is 13.9. The summed E-state index contributed by atoms with van der Waals surface area (Å²) in [7, 11) is -4.26. The molecule has 1 fully saturated rings. The Morgan fingerprint density at radius 3 is 2.34 bits per heavy atom. The van der Waals surface area contributed by atoms with Crippen molar-refractivity contribution in [1.29, 1.82) is 5.26 Å². The van der Waals surface area contributed by atoms with Gasteiger partial charge in [0, 0.05) is 10.0 Å². The van der Waals surface area contributed by atoms with Gasteiger partial charge in [0.05, 0.1) is 22.8 Å². The van der Waals surface area contributed by atoms with Crippen LogP contribution in [-0.2, 0) is 28.0 Å². The fraction of sp³-hybridized carbons (Fsp3) is 0.308. The normalized spacial score (nSPS) is 14.9. The summed E-state index contributed by atoms with van der Waals surface area (Å²) in [6.45, 7) is -0.0493. The Hall–Kier alpha value is -4.19. The number of rotatable bonds is 7. The zero-order valence-corrected chi connectivity index (χ0v) is 22.0. The van der Waals surface area contributed by atoms with E-state index in [9.17, 15) is 40.8 Å². The maximum Gasteiger partial charge on any atom is 0.419 e. The first kappa shape index (κ1) is 28.3. The molecule has 41 heavy (non-hydrogen) atoms. The number of sulfone groups is 1. The lowest BCUT2D eigenvalue weighted by Crippen LogP contribution is -2.40. The summed E-state index contributed by atoms with van der Waals surface area (Å²) in [5.74, 6) is -1.50. The molecular formula is C26H20F6N5O3S+. The summed E-state index contributed by atoms with van der Waals surface area (Å²) in [5.41, 5.74) is -3.05. The molecule has 5 rings (SSSR count). The van der Waals surface area contributed by atoms with Gasteiger partial charge in [-0.05, 0) is 40.9 Å². The number of aromatic nitrogens is 4. The van der Waals surface area contributed by atoms with E-state index in [4.69, 9.17) is 0 Å². The Labute approximate surface area is 229 Å². The molecule has 0 amide bonds. The van der Waals surface area contributed by atoms with Crippen LogP contribution in [0.3, 0.4) is 0 Å². The second-order valence-electron chi connectivity index (χ2n) is 9.64. The van der Waals surface area contributed by atoms with Crippen molar-refractivity contribution in [3.63, 3.8) is 0 Å². The summed E-state index contributed by atoms with van der Waals surface area (Å²) in [6, 6.07) is 10.4. The average molecular weight is 597 g/mol. The minimum absolute atomic E-state index is 0.0306. The van der Waals surface area contributed by atoms with Crippen LogP contribution in [0.5, 0.6) is 0 Å². The number of nitrogens with zero attached hydrogens (tertiary/aromatic N) is 5. The average Bonchev–Trinajstić information content (AvgIpc) is 3.65. The van der Waals surface area contributed by atoms with Crippen LogP contribution in [0.1, 0.15) is 30.9 Å². The molecule has 1 aromatic carbocycles. The minimum atomic E-state index is -4.99. The maximum absolute atomic E-state index is 15.7. The van der Waals surface area contributed by atoms with E-state index in [1.807, 2.05) is 0 Å². The van der Waals surface area contributed by atoms with Crippen LogP contribution >= 0.6 is 0 Å². The molecule has 0 aliphatic heterocycles. The van der Waals surface area contributed by atoms with E-state index < -0.39 is 73.3 Å². The first-order valence-electron chi connectivity index (χ1n) is 12.2. The van der Waals surface area contributed by atoms with Gasteiger partial charge >= 0.3 is 23.3 Å². The van der Waals surface area contributed by atoms with Crippen LogP contribution in [-0.4, -0.2) is 30.4 Å². The van der Waals surface area contributed by atoms with Crippen molar-refractivity contribution >= 4 is 21.0 Å². The van der Waals surface area contributed by atoms with Crippen LogP contribution in [0, 0.1) is 16.5 Å². The Morgan fingerprint density at radius 1 is 1.15 bits per heavy atom. The van der Waals surface area contributed by atoms with Gasteiger partial charge in [0.25, 0.3) is 6.43 Å². The fourth-order valence-electron chi connectivity index (χ4n) is 4.65. The third-order valence-electron chi connectivity index (χ3n) is 7.01. The van der Waals surface area contributed by atoms with Gasteiger partial charge in [-0.1, -0.05) is 31.2 Å². The van der Waals surface area contributed by atoms with Gasteiger partial charge in [0.15, 0.2) is 28.1 Å². The van der Waals surface area contributed by atoms with E-state index in [1.165, 1.54) is 6.92 Å². The molecule has 3 aromatic heterocycles. The topological polar surface area (TPSA) is 107 Å². The molecule has 15 heteroatoms. The number of hydrogen-bond donors (Lipinski definition) is 0. The monoisotopic (exact) mass is 596 g/mol. The van der Waals surface area contributed by atoms with Gasteiger partial charge in [-0.25, -0.2) is 21.8 Å². The smallest absolute Gasteiger partial charge is 0.419 e. The van der Waals surface area contributed by atoms with Crippen molar-refractivity contribution < 1.29 is 44.1 Å². The van der Waals surface area contributed by atoms with Crippen molar-refractivity contribution in [3.8, 4) is 28.7 Å². The summed E-state index contributed by atoms with van der Waals surface area (Å²) in [6.07, 6.45) is -5.53. The number of halogens is 6. The van der Waals surface area contributed by atoms with Crippen LogP contribution in [0.25, 0.3) is 33.8 Å². The first-order chi connectivity index (χ1) is 19.2. The number of imidazole rings is 1. The summed E-state index contributed by atoms with van der Waals surface area (Å²) >= 11 is 0. The molecule has 0 bridgehead atoms. The zero-order valence-electron chi connectivity index (χ0n) is 21.2. The van der Waals surface area contributed by atoms with Gasteiger partial charge in [0.1, 0.15) is 11.1 Å². The van der Waals surface area contributed by atoms with Crippen molar-refractivity contribution in [2.24, 2.45) is 0 Å². The molecule has 0 spiro atoms. The van der Waals surface area contributed by atoms with E-state index in [1.54, 1.807) is 24.3 Å². The van der Waals surface area contributed by atoms with Gasteiger partial charge in [0.2, 0.25) is 0 Å². The van der Waals surface area contributed by atoms with Gasteiger partial charge < -0.3 is 5.21 Å². The second kappa shape index (κ2) is 9.72. The fourth-order valence-corrected chi connectivity index (χ4v) is 5.74. The largest absolute Gasteiger partial charge is 0.618 e. The number of pyridine rings is 2. The molecule has 0 N–H and O–H groups in total. The third kappa shape index (κ3) is 4.96. The van der Waals surface area contributed by atoms with E-state index >= 15 is 4.48 Å². The Bertz CT molecular complexity index is 1830. The SMILES string of the molecule is CCS(=O)(=O)c1cc(-c2ccc(C3(C#N)CC3)cc2)c[n+]([O-])c1-c1nc2cc(C(F)(F)F)c[n+](CC(F)F)c2n1F. The van der Waals surface area contributed by atoms with E-state index in [0.29, 0.717) is 29.0 Å². The quantitative estimate of drug-likeness (QED) is 0.175. The van der Waals surface area contributed by atoms with Crippen molar-refractivity contribution in [3.05, 3.63) is 65.1 Å². The lowest BCUT2D eigenvalue weighted by molar-refractivity contribution is -0.684. The molecule has 3 heterocycles. The van der Waals surface area contributed by atoms with E-state index in [0.717, 1.165) is 17.8 Å². The molecular weight excluding hydrogens is 576 g/mol. The summed E-state index contributed by atoms with van der Waals surface area (Å²) in [5, 5.41) is 22.7.